The summed E-state index contributed by atoms with van der Waals surface area (Å²) in [6, 6.07) is 16.7. The van der Waals surface area contributed by atoms with Crippen molar-refractivity contribution >= 4 is 17.3 Å². The summed E-state index contributed by atoms with van der Waals surface area (Å²) in [5, 5.41) is 14.8. The first-order chi connectivity index (χ1) is 11.7. The molecule has 24 heavy (non-hydrogen) atoms. The van der Waals surface area contributed by atoms with Crippen molar-refractivity contribution in [2.45, 2.75) is 13.3 Å². The molecule has 5 nitrogen and oxygen atoms in total. The molecule has 0 saturated heterocycles. The third-order valence-electron chi connectivity index (χ3n) is 3.47. The number of nitrogens with one attached hydrogen (secondary N) is 2. The normalized spacial score (nSPS) is 10.6. The van der Waals surface area contributed by atoms with Gasteiger partial charge in [-0.2, -0.15) is 5.26 Å². The van der Waals surface area contributed by atoms with E-state index in [1.54, 1.807) is 24.3 Å². The Labute approximate surface area is 141 Å². The van der Waals surface area contributed by atoms with Crippen molar-refractivity contribution in [3.63, 3.8) is 0 Å². The number of nitrogens with zero attached hydrogens (tertiary/aromatic N) is 1. The summed E-state index contributed by atoms with van der Waals surface area (Å²) in [6.45, 7) is 2.08. The molecule has 0 radical (unpaired) electrons. The number of carbonyl (C=O) groups is 1. The van der Waals surface area contributed by atoms with E-state index in [1.165, 1.54) is 18.9 Å². The van der Waals surface area contributed by atoms with Crippen LogP contribution in [0.3, 0.4) is 0 Å². The maximum absolute atomic E-state index is 12.2. The van der Waals surface area contributed by atoms with Crippen LogP contribution in [0.4, 0.5) is 11.4 Å². The van der Waals surface area contributed by atoms with Crippen molar-refractivity contribution < 1.29 is 9.53 Å². The van der Waals surface area contributed by atoms with E-state index in [0.717, 1.165) is 12.1 Å². The van der Waals surface area contributed by atoms with Gasteiger partial charge in [0.15, 0.2) is 0 Å². The Hall–Kier alpha value is -3.26. The Balaban J connectivity index is 2.09. The zero-order valence-electron chi connectivity index (χ0n) is 13.7. The van der Waals surface area contributed by atoms with Gasteiger partial charge < -0.3 is 15.4 Å². The molecule has 0 spiro atoms. The molecule has 0 fully saturated rings. The number of benzene rings is 2. The maximum atomic E-state index is 12.2. The molecule has 0 aliphatic carbocycles. The van der Waals surface area contributed by atoms with Gasteiger partial charge in [-0.1, -0.05) is 31.2 Å². The molecular weight excluding hydrogens is 302 g/mol. The maximum Gasteiger partial charge on any atom is 0.267 e. The summed E-state index contributed by atoms with van der Waals surface area (Å²) < 4.78 is 5.18. The van der Waals surface area contributed by atoms with Crippen LogP contribution in [0, 0.1) is 11.3 Å². The highest BCUT2D eigenvalue weighted by Crippen LogP contribution is 2.23. The van der Waals surface area contributed by atoms with Crippen LogP contribution in [0.1, 0.15) is 12.5 Å². The van der Waals surface area contributed by atoms with Crippen molar-refractivity contribution in [3.05, 3.63) is 65.9 Å². The smallest absolute Gasteiger partial charge is 0.267 e. The predicted molar refractivity (Wildman–Crippen MR) is 94.8 cm³/mol. The van der Waals surface area contributed by atoms with Crippen molar-refractivity contribution in [1.29, 1.82) is 5.26 Å². The molecule has 0 saturated carbocycles. The van der Waals surface area contributed by atoms with Crippen LogP contribution in [0.15, 0.2) is 60.3 Å². The lowest BCUT2D eigenvalue weighted by Gasteiger charge is -2.09. The quantitative estimate of drug-likeness (QED) is 0.628. The number of methoxy groups -OCH3 is 1. The summed E-state index contributed by atoms with van der Waals surface area (Å²) in [5.41, 5.74) is 2.52. The fourth-order valence-corrected chi connectivity index (χ4v) is 2.08. The molecule has 0 atom stereocenters. The fourth-order valence-electron chi connectivity index (χ4n) is 2.08. The lowest BCUT2D eigenvalue weighted by molar-refractivity contribution is -0.112. The molecule has 2 N–H and O–H groups in total. The van der Waals surface area contributed by atoms with E-state index in [2.05, 4.69) is 17.6 Å². The summed E-state index contributed by atoms with van der Waals surface area (Å²) in [6.07, 6.45) is 2.35. The van der Waals surface area contributed by atoms with Gasteiger partial charge in [0.05, 0.1) is 12.8 Å². The van der Waals surface area contributed by atoms with Gasteiger partial charge in [0.1, 0.15) is 17.4 Å². The van der Waals surface area contributed by atoms with Crippen LogP contribution in [0.25, 0.3) is 0 Å². The molecule has 0 heterocycles. The highest BCUT2D eigenvalue weighted by Gasteiger charge is 2.11. The number of rotatable bonds is 6. The largest absolute Gasteiger partial charge is 0.495 e. The zero-order chi connectivity index (χ0) is 17.4. The van der Waals surface area contributed by atoms with Crippen LogP contribution < -0.4 is 15.4 Å². The van der Waals surface area contributed by atoms with E-state index >= 15 is 0 Å². The number of nitriles is 1. The van der Waals surface area contributed by atoms with E-state index in [-0.39, 0.29) is 5.57 Å². The molecule has 1 amide bonds. The number of ether oxygens (including phenoxy) is 1. The number of para-hydroxylation sites is 2. The summed E-state index contributed by atoms with van der Waals surface area (Å²) >= 11 is 0. The number of aryl methyl sites for hydroxylation is 1. The molecule has 2 rings (SSSR count). The molecule has 0 unspecified atom stereocenters. The minimum Gasteiger partial charge on any atom is -0.495 e. The number of hydrogen-bond donors (Lipinski definition) is 2. The monoisotopic (exact) mass is 321 g/mol. The van der Waals surface area contributed by atoms with E-state index < -0.39 is 5.91 Å². The van der Waals surface area contributed by atoms with Crippen molar-refractivity contribution in [2.24, 2.45) is 0 Å². The second-order valence-corrected chi connectivity index (χ2v) is 5.02. The van der Waals surface area contributed by atoms with E-state index in [4.69, 9.17) is 4.74 Å². The first kappa shape index (κ1) is 17.1. The second kappa shape index (κ2) is 8.39. The van der Waals surface area contributed by atoms with Gasteiger partial charge >= 0.3 is 0 Å². The SMILES string of the molecule is CCc1ccc(N/C=C(/C#N)C(=O)Nc2ccccc2OC)cc1. The van der Waals surface area contributed by atoms with Gasteiger partial charge in [-0.25, -0.2) is 0 Å². The van der Waals surface area contributed by atoms with E-state index in [1.807, 2.05) is 30.3 Å². The number of amides is 1. The first-order valence-electron chi connectivity index (χ1n) is 7.58. The van der Waals surface area contributed by atoms with Crippen LogP contribution in [-0.4, -0.2) is 13.0 Å². The number of carbonyl (C=O) groups excluding carboxylic acids is 1. The number of hydrogen-bond acceptors (Lipinski definition) is 4. The van der Waals surface area contributed by atoms with Crippen LogP contribution in [0.5, 0.6) is 5.75 Å². The topological polar surface area (TPSA) is 74.2 Å². The van der Waals surface area contributed by atoms with Gasteiger partial charge in [0, 0.05) is 11.9 Å². The minimum absolute atomic E-state index is 0.0273. The highest BCUT2D eigenvalue weighted by molar-refractivity contribution is 6.07. The molecule has 0 aliphatic heterocycles. The van der Waals surface area contributed by atoms with Crippen LogP contribution in [-0.2, 0) is 11.2 Å². The van der Waals surface area contributed by atoms with Crippen molar-refractivity contribution in [3.8, 4) is 11.8 Å². The molecule has 2 aromatic rings. The molecule has 2 aromatic carbocycles. The molecular formula is C19H19N3O2. The lowest BCUT2D eigenvalue weighted by Crippen LogP contribution is -2.15. The van der Waals surface area contributed by atoms with Gasteiger partial charge in [0.2, 0.25) is 0 Å². The Kier molecular flexibility index (Phi) is 5.98. The van der Waals surface area contributed by atoms with Gasteiger partial charge in [-0.3, -0.25) is 4.79 Å². The van der Waals surface area contributed by atoms with Crippen LogP contribution >= 0.6 is 0 Å². The molecule has 0 bridgehead atoms. The minimum atomic E-state index is -0.500. The second-order valence-electron chi connectivity index (χ2n) is 5.02. The van der Waals surface area contributed by atoms with Crippen LogP contribution in [0.2, 0.25) is 0 Å². The Morgan fingerprint density at radius 1 is 1.21 bits per heavy atom. The fraction of sp³-hybridized carbons (Fsp3) is 0.158. The molecule has 0 aromatic heterocycles. The van der Waals surface area contributed by atoms with Crippen molar-refractivity contribution in [1.82, 2.24) is 0 Å². The van der Waals surface area contributed by atoms with E-state index in [0.29, 0.717) is 11.4 Å². The predicted octanol–water partition coefficient (Wildman–Crippen LogP) is 3.72. The summed E-state index contributed by atoms with van der Waals surface area (Å²) in [4.78, 5) is 12.2. The first-order valence-corrected chi connectivity index (χ1v) is 7.58. The zero-order valence-corrected chi connectivity index (χ0v) is 13.7. The average Bonchev–Trinajstić information content (AvgIpc) is 2.63. The molecule has 122 valence electrons. The lowest BCUT2D eigenvalue weighted by atomic mass is 10.1. The number of anilines is 2. The third-order valence-corrected chi connectivity index (χ3v) is 3.47. The van der Waals surface area contributed by atoms with Gasteiger partial charge in [0.25, 0.3) is 5.91 Å². The Morgan fingerprint density at radius 3 is 2.54 bits per heavy atom. The van der Waals surface area contributed by atoms with Gasteiger partial charge in [-0.15, -0.1) is 0 Å². The Morgan fingerprint density at radius 2 is 1.92 bits per heavy atom. The standard InChI is InChI=1S/C19H19N3O2/c1-3-14-8-10-16(11-9-14)21-13-15(12-20)19(23)22-17-6-4-5-7-18(17)24-2/h4-11,13,21H,3H2,1-2H3,(H,22,23)/b15-13-. The molecule has 5 heteroatoms. The third kappa shape index (κ3) is 4.37. The summed E-state index contributed by atoms with van der Waals surface area (Å²) in [7, 11) is 1.52. The van der Waals surface area contributed by atoms with E-state index in [9.17, 15) is 10.1 Å². The molecule has 0 aliphatic rings. The van der Waals surface area contributed by atoms with Crippen molar-refractivity contribution in [2.75, 3.05) is 17.7 Å². The summed E-state index contributed by atoms with van der Waals surface area (Å²) in [5.74, 6) is 0.0333. The highest BCUT2D eigenvalue weighted by atomic mass is 16.5. The Bertz CT molecular complexity index is 774. The van der Waals surface area contributed by atoms with Gasteiger partial charge in [-0.05, 0) is 36.2 Å². The average molecular weight is 321 g/mol.